The zero-order chi connectivity index (χ0) is 14.5. The van der Waals surface area contributed by atoms with Crippen LogP contribution in [-0.4, -0.2) is 44.3 Å². The van der Waals surface area contributed by atoms with Gasteiger partial charge in [0, 0.05) is 38.7 Å². The predicted octanol–water partition coefficient (Wildman–Crippen LogP) is 1.93. The summed E-state index contributed by atoms with van der Waals surface area (Å²) in [5.41, 5.74) is 8.40. The molecule has 0 spiro atoms. The van der Waals surface area contributed by atoms with Gasteiger partial charge in [0.25, 0.3) is 0 Å². The molecule has 1 aromatic rings. The SMILES string of the molecule is C=CCc1ccc(F)cc1C1CN(CCOC)CC1N. The summed E-state index contributed by atoms with van der Waals surface area (Å²) in [6.45, 7) is 7.02. The Morgan fingerprint density at radius 1 is 1.50 bits per heavy atom. The summed E-state index contributed by atoms with van der Waals surface area (Å²) in [7, 11) is 1.70. The number of methoxy groups -OCH3 is 1. The van der Waals surface area contributed by atoms with E-state index in [0.29, 0.717) is 6.61 Å². The van der Waals surface area contributed by atoms with Gasteiger partial charge >= 0.3 is 0 Å². The molecule has 0 amide bonds. The van der Waals surface area contributed by atoms with Crippen molar-refractivity contribution >= 4 is 0 Å². The Labute approximate surface area is 120 Å². The van der Waals surface area contributed by atoms with Crippen LogP contribution in [0.4, 0.5) is 4.39 Å². The lowest BCUT2D eigenvalue weighted by molar-refractivity contribution is 0.160. The number of allylic oxidation sites excluding steroid dienone is 1. The molecule has 2 rings (SSSR count). The third kappa shape index (κ3) is 3.45. The summed E-state index contributed by atoms with van der Waals surface area (Å²) in [5.74, 6) is -0.0205. The van der Waals surface area contributed by atoms with Gasteiger partial charge < -0.3 is 10.5 Å². The van der Waals surface area contributed by atoms with Gasteiger partial charge in [-0.15, -0.1) is 6.58 Å². The molecule has 1 aromatic carbocycles. The molecule has 2 N–H and O–H groups in total. The standard InChI is InChI=1S/C16H23FN2O/c1-3-4-12-5-6-13(17)9-14(12)15-10-19(7-8-20-2)11-16(15)18/h3,5-6,9,15-16H,1,4,7-8,10-11,18H2,2H3. The first kappa shape index (κ1) is 15.2. The second-order valence-corrected chi connectivity index (χ2v) is 5.36. The molecule has 2 unspecified atom stereocenters. The van der Waals surface area contributed by atoms with Gasteiger partial charge in [0.05, 0.1) is 6.61 Å². The van der Waals surface area contributed by atoms with Gasteiger partial charge in [0.15, 0.2) is 0 Å². The Morgan fingerprint density at radius 3 is 3.00 bits per heavy atom. The zero-order valence-corrected chi connectivity index (χ0v) is 12.0. The Hall–Kier alpha value is -1.23. The minimum Gasteiger partial charge on any atom is -0.383 e. The van der Waals surface area contributed by atoms with Crippen LogP contribution in [0.3, 0.4) is 0 Å². The largest absolute Gasteiger partial charge is 0.383 e. The fourth-order valence-electron chi connectivity index (χ4n) is 2.90. The zero-order valence-electron chi connectivity index (χ0n) is 12.0. The fraction of sp³-hybridized carbons (Fsp3) is 0.500. The first-order chi connectivity index (χ1) is 9.65. The highest BCUT2D eigenvalue weighted by Gasteiger charge is 2.32. The number of rotatable bonds is 6. The summed E-state index contributed by atoms with van der Waals surface area (Å²) >= 11 is 0. The molecular weight excluding hydrogens is 255 g/mol. The van der Waals surface area contributed by atoms with Crippen LogP contribution in [0.15, 0.2) is 30.9 Å². The van der Waals surface area contributed by atoms with Gasteiger partial charge in [-0.1, -0.05) is 12.1 Å². The van der Waals surface area contributed by atoms with Gasteiger partial charge in [-0.2, -0.15) is 0 Å². The summed E-state index contributed by atoms with van der Waals surface area (Å²) in [4.78, 5) is 2.28. The van der Waals surface area contributed by atoms with E-state index in [1.807, 2.05) is 12.1 Å². The maximum absolute atomic E-state index is 13.6. The normalized spacial score (nSPS) is 23.1. The topological polar surface area (TPSA) is 38.5 Å². The quantitative estimate of drug-likeness (QED) is 0.808. The van der Waals surface area contributed by atoms with Gasteiger partial charge in [0.1, 0.15) is 5.82 Å². The summed E-state index contributed by atoms with van der Waals surface area (Å²) in [6, 6.07) is 5.02. The smallest absolute Gasteiger partial charge is 0.123 e. The van der Waals surface area contributed by atoms with Crippen molar-refractivity contribution in [3.8, 4) is 0 Å². The molecule has 1 fully saturated rings. The van der Waals surface area contributed by atoms with Crippen LogP contribution < -0.4 is 5.73 Å². The van der Waals surface area contributed by atoms with Crippen LogP contribution in [0.2, 0.25) is 0 Å². The fourth-order valence-corrected chi connectivity index (χ4v) is 2.90. The molecule has 1 saturated heterocycles. The van der Waals surface area contributed by atoms with Crippen molar-refractivity contribution < 1.29 is 9.13 Å². The van der Waals surface area contributed by atoms with E-state index in [2.05, 4.69) is 11.5 Å². The first-order valence-electron chi connectivity index (χ1n) is 7.01. The van der Waals surface area contributed by atoms with Crippen LogP contribution in [0.5, 0.6) is 0 Å². The van der Waals surface area contributed by atoms with E-state index in [9.17, 15) is 4.39 Å². The van der Waals surface area contributed by atoms with Crippen LogP contribution >= 0.6 is 0 Å². The summed E-state index contributed by atoms with van der Waals surface area (Å²) < 4.78 is 18.7. The van der Waals surface area contributed by atoms with Crippen LogP contribution in [-0.2, 0) is 11.2 Å². The number of nitrogens with two attached hydrogens (primary N) is 1. The number of ether oxygens (including phenoxy) is 1. The lowest BCUT2D eigenvalue weighted by Gasteiger charge is -2.19. The molecule has 1 aliphatic rings. The Kier molecular flexibility index (Phi) is 5.29. The number of hydrogen-bond acceptors (Lipinski definition) is 3. The molecular formula is C16H23FN2O. The molecule has 2 atom stereocenters. The number of nitrogens with zero attached hydrogens (tertiary/aromatic N) is 1. The maximum Gasteiger partial charge on any atom is 0.123 e. The van der Waals surface area contributed by atoms with Crippen molar-refractivity contribution in [3.05, 3.63) is 47.8 Å². The molecule has 3 nitrogen and oxygen atoms in total. The second-order valence-electron chi connectivity index (χ2n) is 5.36. The lowest BCUT2D eigenvalue weighted by atomic mass is 9.89. The molecule has 0 aromatic heterocycles. The molecule has 20 heavy (non-hydrogen) atoms. The van der Waals surface area contributed by atoms with Crippen molar-refractivity contribution in [2.24, 2.45) is 5.73 Å². The van der Waals surface area contributed by atoms with Gasteiger partial charge in [-0.05, 0) is 29.7 Å². The van der Waals surface area contributed by atoms with Crippen molar-refractivity contribution in [2.75, 3.05) is 33.4 Å². The minimum atomic E-state index is -0.199. The number of likely N-dealkylation sites (tertiary alicyclic amines) is 1. The lowest BCUT2D eigenvalue weighted by Crippen LogP contribution is -2.30. The molecule has 4 heteroatoms. The molecule has 0 aliphatic carbocycles. The maximum atomic E-state index is 13.6. The predicted molar refractivity (Wildman–Crippen MR) is 79.3 cm³/mol. The highest BCUT2D eigenvalue weighted by Crippen LogP contribution is 2.30. The molecule has 110 valence electrons. The highest BCUT2D eigenvalue weighted by atomic mass is 19.1. The van der Waals surface area contributed by atoms with Crippen LogP contribution in [0.1, 0.15) is 17.0 Å². The first-order valence-corrected chi connectivity index (χ1v) is 7.01. The molecule has 1 aliphatic heterocycles. The molecule has 1 heterocycles. The van der Waals surface area contributed by atoms with E-state index < -0.39 is 0 Å². The third-order valence-electron chi connectivity index (χ3n) is 3.92. The molecule has 0 saturated carbocycles. The molecule has 0 bridgehead atoms. The van der Waals surface area contributed by atoms with Crippen LogP contribution in [0.25, 0.3) is 0 Å². The summed E-state index contributed by atoms with van der Waals surface area (Å²) in [5, 5.41) is 0. The van der Waals surface area contributed by atoms with Crippen molar-refractivity contribution in [1.82, 2.24) is 4.90 Å². The summed E-state index contributed by atoms with van der Waals surface area (Å²) in [6.07, 6.45) is 2.59. The van der Waals surface area contributed by atoms with Crippen molar-refractivity contribution in [2.45, 2.75) is 18.4 Å². The van der Waals surface area contributed by atoms with Crippen molar-refractivity contribution in [3.63, 3.8) is 0 Å². The highest BCUT2D eigenvalue weighted by molar-refractivity contribution is 5.35. The van der Waals surface area contributed by atoms with Crippen LogP contribution in [0, 0.1) is 5.82 Å². The Morgan fingerprint density at radius 2 is 2.30 bits per heavy atom. The Bertz CT molecular complexity index is 464. The number of halogens is 1. The van der Waals surface area contributed by atoms with E-state index in [1.165, 1.54) is 6.07 Å². The van der Waals surface area contributed by atoms with Gasteiger partial charge in [-0.25, -0.2) is 4.39 Å². The Balaban J connectivity index is 2.18. The van der Waals surface area contributed by atoms with E-state index in [0.717, 1.165) is 37.2 Å². The van der Waals surface area contributed by atoms with E-state index in [-0.39, 0.29) is 17.8 Å². The van der Waals surface area contributed by atoms with Gasteiger partial charge in [0.2, 0.25) is 0 Å². The third-order valence-corrected chi connectivity index (χ3v) is 3.92. The monoisotopic (exact) mass is 278 g/mol. The number of benzene rings is 1. The molecule has 0 radical (unpaired) electrons. The second kappa shape index (κ2) is 6.97. The van der Waals surface area contributed by atoms with Crippen molar-refractivity contribution in [1.29, 1.82) is 0 Å². The van der Waals surface area contributed by atoms with E-state index >= 15 is 0 Å². The number of hydrogen-bond donors (Lipinski definition) is 1. The van der Waals surface area contributed by atoms with E-state index in [4.69, 9.17) is 10.5 Å². The minimum absolute atomic E-state index is 0.0391. The average Bonchev–Trinajstić information content (AvgIpc) is 2.80. The van der Waals surface area contributed by atoms with E-state index in [1.54, 1.807) is 13.2 Å². The van der Waals surface area contributed by atoms with Gasteiger partial charge in [-0.3, -0.25) is 4.90 Å². The average molecular weight is 278 g/mol.